The summed E-state index contributed by atoms with van der Waals surface area (Å²) in [7, 11) is 0. The van der Waals surface area contributed by atoms with E-state index < -0.39 is 5.25 Å². The van der Waals surface area contributed by atoms with Gasteiger partial charge in [0.15, 0.2) is 5.16 Å². The van der Waals surface area contributed by atoms with Gasteiger partial charge in [0.2, 0.25) is 5.78 Å². The number of fused-ring (bicyclic) bond motifs is 1. The molecule has 0 fully saturated rings. The van der Waals surface area contributed by atoms with E-state index in [4.69, 9.17) is 4.74 Å². The van der Waals surface area contributed by atoms with Crippen LogP contribution in [0.2, 0.25) is 0 Å². The summed E-state index contributed by atoms with van der Waals surface area (Å²) in [5, 5.41) is 8.23. The van der Waals surface area contributed by atoms with E-state index in [-0.39, 0.29) is 16.9 Å². The summed E-state index contributed by atoms with van der Waals surface area (Å²) in [4.78, 5) is 26.2. The Kier molecular flexibility index (Phi) is 4.60. The summed E-state index contributed by atoms with van der Waals surface area (Å²) >= 11 is 1.26. The molecular weight excluding hydrogens is 304 g/mol. The number of aromatic nitrogens is 4. The van der Waals surface area contributed by atoms with Crippen molar-refractivity contribution in [3.63, 3.8) is 0 Å². The van der Waals surface area contributed by atoms with Crippen molar-refractivity contribution in [1.29, 1.82) is 0 Å². The first kappa shape index (κ1) is 16.5. The predicted octanol–water partition coefficient (Wildman–Crippen LogP) is 1.76. The Bertz CT molecular complexity index is 745. The fourth-order valence-electron chi connectivity index (χ4n) is 2.00. The number of hydrogen-bond acceptors (Lipinski definition) is 6. The molecule has 0 aromatic carbocycles. The third kappa shape index (κ3) is 3.32. The van der Waals surface area contributed by atoms with E-state index in [1.165, 1.54) is 17.8 Å². The van der Waals surface area contributed by atoms with Crippen LogP contribution in [0.3, 0.4) is 0 Å². The van der Waals surface area contributed by atoms with E-state index in [1.807, 2.05) is 20.8 Å². The second kappa shape index (κ2) is 6.12. The van der Waals surface area contributed by atoms with Gasteiger partial charge >= 0.3 is 5.97 Å². The molecule has 0 radical (unpaired) electrons. The highest BCUT2D eigenvalue weighted by atomic mass is 32.2. The van der Waals surface area contributed by atoms with Crippen molar-refractivity contribution in [2.45, 2.75) is 50.4 Å². The number of nitrogens with zero attached hydrogens (tertiary/aromatic N) is 3. The lowest BCUT2D eigenvalue weighted by Gasteiger charge is -2.20. The molecule has 0 aliphatic carbocycles. The zero-order valence-corrected chi connectivity index (χ0v) is 14.2. The largest absolute Gasteiger partial charge is 0.465 e. The number of hydrogen-bond donors (Lipinski definition) is 1. The topological polar surface area (TPSA) is 89.3 Å². The molecule has 1 N–H and O–H groups in total. The third-order valence-corrected chi connectivity index (χ3v) is 4.07. The summed E-state index contributed by atoms with van der Waals surface area (Å²) in [6, 6.07) is 1.54. The molecule has 120 valence electrons. The zero-order chi connectivity index (χ0) is 16.5. The molecule has 0 saturated heterocycles. The van der Waals surface area contributed by atoms with E-state index in [9.17, 15) is 9.59 Å². The van der Waals surface area contributed by atoms with Gasteiger partial charge in [-0.1, -0.05) is 32.5 Å². The SMILES string of the molecule is CCOC(=O)C(C)Sc1nnc2[nH]c(=O)cc(C(C)(C)C)n12. The minimum atomic E-state index is -0.410. The quantitative estimate of drug-likeness (QED) is 0.681. The maximum Gasteiger partial charge on any atom is 0.319 e. The average Bonchev–Trinajstić information content (AvgIpc) is 2.79. The van der Waals surface area contributed by atoms with Crippen LogP contribution in [0.25, 0.3) is 5.78 Å². The molecule has 0 amide bonds. The van der Waals surface area contributed by atoms with Crippen LogP contribution in [-0.2, 0) is 14.9 Å². The minimum Gasteiger partial charge on any atom is -0.465 e. The van der Waals surface area contributed by atoms with Gasteiger partial charge in [-0.2, -0.15) is 0 Å². The van der Waals surface area contributed by atoms with Gasteiger partial charge in [-0.25, -0.2) is 0 Å². The van der Waals surface area contributed by atoms with Crippen LogP contribution in [0.5, 0.6) is 0 Å². The van der Waals surface area contributed by atoms with Crippen LogP contribution >= 0.6 is 11.8 Å². The first-order valence-electron chi connectivity index (χ1n) is 7.06. The van der Waals surface area contributed by atoms with E-state index in [2.05, 4.69) is 15.2 Å². The van der Waals surface area contributed by atoms with Crippen molar-refractivity contribution in [3.05, 3.63) is 22.1 Å². The molecule has 2 aromatic heterocycles. The first-order valence-corrected chi connectivity index (χ1v) is 7.94. The van der Waals surface area contributed by atoms with Gasteiger partial charge in [-0.3, -0.25) is 19.0 Å². The van der Waals surface area contributed by atoms with Crippen LogP contribution in [-0.4, -0.2) is 37.4 Å². The van der Waals surface area contributed by atoms with Crippen LogP contribution in [0.15, 0.2) is 16.0 Å². The number of carbonyl (C=O) groups is 1. The second-order valence-electron chi connectivity index (χ2n) is 5.92. The average molecular weight is 324 g/mol. The van der Waals surface area contributed by atoms with Gasteiger partial charge in [0.25, 0.3) is 5.56 Å². The fraction of sp³-hybridized carbons (Fsp3) is 0.571. The zero-order valence-electron chi connectivity index (χ0n) is 13.3. The fourth-order valence-corrected chi connectivity index (χ4v) is 2.86. The molecule has 8 heteroatoms. The number of thioether (sulfide) groups is 1. The van der Waals surface area contributed by atoms with Crippen molar-refractivity contribution >= 4 is 23.5 Å². The smallest absolute Gasteiger partial charge is 0.319 e. The lowest BCUT2D eigenvalue weighted by atomic mass is 9.92. The molecule has 0 aliphatic rings. The lowest BCUT2D eigenvalue weighted by Crippen LogP contribution is -2.23. The molecule has 7 nitrogen and oxygen atoms in total. The number of carbonyl (C=O) groups excluding carboxylic acids is 1. The Morgan fingerprint density at radius 1 is 1.45 bits per heavy atom. The summed E-state index contributed by atoms with van der Waals surface area (Å²) in [6.45, 7) is 9.88. The number of aromatic amines is 1. The van der Waals surface area contributed by atoms with Gasteiger partial charge in [0, 0.05) is 17.2 Å². The Morgan fingerprint density at radius 2 is 2.14 bits per heavy atom. The van der Waals surface area contributed by atoms with Crippen LogP contribution in [0, 0.1) is 0 Å². The molecule has 22 heavy (non-hydrogen) atoms. The minimum absolute atomic E-state index is 0.222. The normalized spacial score (nSPS) is 13.3. The Hall–Kier alpha value is -1.83. The molecular formula is C14H20N4O3S. The van der Waals surface area contributed by atoms with Crippen LogP contribution in [0.1, 0.15) is 40.3 Å². The maximum atomic E-state index is 11.8. The molecule has 1 atom stereocenters. The van der Waals surface area contributed by atoms with Crippen molar-refractivity contribution in [2.75, 3.05) is 6.61 Å². The summed E-state index contributed by atoms with van der Waals surface area (Å²) < 4.78 is 6.79. The van der Waals surface area contributed by atoms with Crippen molar-refractivity contribution in [3.8, 4) is 0 Å². The molecule has 0 spiro atoms. The Balaban J connectivity index is 2.48. The Morgan fingerprint density at radius 3 is 2.73 bits per heavy atom. The Labute approximate surface area is 132 Å². The molecule has 2 rings (SSSR count). The van der Waals surface area contributed by atoms with Crippen molar-refractivity contribution < 1.29 is 9.53 Å². The highest BCUT2D eigenvalue weighted by Crippen LogP contribution is 2.27. The van der Waals surface area contributed by atoms with Gasteiger partial charge in [-0.05, 0) is 13.8 Å². The highest BCUT2D eigenvalue weighted by Gasteiger charge is 2.24. The molecule has 2 heterocycles. The van der Waals surface area contributed by atoms with Gasteiger partial charge < -0.3 is 4.74 Å². The number of H-pyrrole nitrogens is 1. The van der Waals surface area contributed by atoms with Crippen LogP contribution in [0.4, 0.5) is 0 Å². The van der Waals surface area contributed by atoms with Gasteiger partial charge in [0.1, 0.15) is 5.25 Å². The van der Waals surface area contributed by atoms with E-state index in [1.54, 1.807) is 18.2 Å². The summed E-state index contributed by atoms with van der Waals surface area (Å²) in [6.07, 6.45) is 0. The first-order chi connectivity index (χ1) is 10.2. The predicted molar refractivity (Wildman–Crippen MR) is 84.3 cm³/mol. The highest BCUT2D eigenvalue weighted by molar-refractivity contribution is 8.00. The van der Waals surface area contributed by atoms with Gasteiger partial charge in [-0.15, -0.1) is 10.2 Å². The number of rotatable bonds is 4. The molecule has 1 unspecified atom stereocenters. The van der Waals surface area contributed by atoms with Crippen LogP contribution < -0.4 is 5.56 Å². The lowest BCUT2D eigenvalue weighted by molar-refractivity contribution is -0.142. The van der Waals surface area contributed by atoms with Gasteiger partial charge in [0.05, 0.1) is 6.61 Å². The van der Waals surface area contributed by atoms with Crippen molar-refractivity contribution in [1.82, 2.24) is 19.6 Å². The summed E-state index contributed by atoms with van der Waals surface area (Å²) in [5.41, 5.74) is 0.298. The summed E-state index contributed by atoms with van der Waals surface area (Å²) in [5.74, 6) is 0.0713. The van der Waals surface area contributed by atoms with E-state index >= 15 is 0 Å². The molecule has 0 aliphatic heterocycles. The monoisotopic (exact) mass is 324 g/mol. The third-order valence-electron chi connectivity index (χ3n) is 3.05. The van der Waals surface area contributed by atoms with Crippen molar-refractivity contribution in [2.24, 2.45) is 0 Å². The van der Waals surface area contributed by atoms with E-state index in [0.717, 1.165) is 5.69 Å². The standard InChI is InChI=1S/C14H20N4O3S/c1-6-21-11(20)8(2)22-13-17-16-12-15-10(19)7-9(18(12)13)14(3,4)5/h7-8H,6H2,1-5H3,(H,15,16,19). The second-order valence-corrected chi connectivity index (χ2v) is 7.23. The number of esters is 1. The molecule has 0 saturated carbocycles. The number of ether oxygens (including phenoxy) is 1. The molecule has 2 aromatic rings. The van der Waals surface area contributed by atoms with E-state index in [0.29, 0.717) is 17.5 Å². The molecule has 0 bridgehead atoms. The number of nitrogens with one attached hydrogen (secondary N) is 1. The maximum absolute atomic E-state index is 11.8.